The second-order valence-electron chi connectivity index (χ2n) is 7.42. The average molecular weight is 422 g/mol. The standard InChI is InChI=1S/C21H30N2O7/c1-5-11-28-18(25)13-23(20(27)29-15-16-9-7-6-8-10-16)12-17(14-24)22-19(26)30-21(2,3)4/h5-10,17,24H,1,11-15H2,2-4H3,(H,22,26)/t17-/m0/s1. The molecule has 0 radical (unpaired) electrons. The summed E-state index contributed by atoms with van der Waals surface area (Å²) in [6.45, 7) is 7.45. The van der Waals surface area contributed by atoms with Crippen molar-refractivity contribution in [3.8, 4) is 0 Å². The molecule has 2 N–H and O–H groups in total. The van der Waals surface area contributed by atoms with Gasteiger partial charge in [0.25, 0.3) is 0 Å². The Morgan fingerprint density at radius 1 is 1.20 bits per heavy atom. The van der Waals surface area contributed by atoms with Gasteiger partial charge in [0.1, 0.15) is 25.4 Å². The summed E-state index contributed by atoms with van der Waals surface area (Å²) in [5, 5.41) is 12.1. The zero-order valence-electron chi connectivity index (χ0n) is 17.6. The number of nitrogens with one attached hydrogen (secondary N) is 1. The molecule has 0 unspecified atom stereocenters. The highest BCUT2D eigenvalue weighted by molar-refractivity contribution is 5.78. The molecule has 0 aliphatic carbocycles. The van der Waals surface area contributed by atoms with Crippen LogP contribution in [0.2, 0.25) is 0 Å². The van der Waals surface area contributed by atoms with E-state index in [0.29, 0.717) is 0 Å². The highest BCUT2D eigenvalue weighted by Crippen LogP contribution is 2.08. The molecule has 2 amide bonds. The number of hydrogen-bond acceptors (Lipinski definition) is 7. The molecular weight excluding hydrogens is 392 g/mol. The Kier molecular flexibility index (Phi) is 10.4. The van der Waals surface area contributed by atoms with Gasteiger partial charge in [0.05, 0.1) is 12.6 Å². The summed E-state index contributed by atoms with van der Waals surface area (Å²) >= 11 is 0. The van der Waals surface area contributed by atoms with E-state index in [0.717, 1.165) is 10.5 Å². The second-order valence-corrected chi connectivity index (χ2v) is 7.42. The third kappa shape index (κ3) is 10.5. The summed E-state index contributed by atoms with van der Waals surface area (Å²) in [5.41, 5.74) is 0.0398. The molecule has 30 heavy (non-hydrogen) atoms. The second kappa shape index (κ2) is 12.5. The number of benzene rings is 1. The number of rotatable bonds is 10. The molecule has 0 saturated heterocycles. The molecule has 1 atom stereocenters. The van der Waals surface area contributed by atoms with E-state index in [9.17, 15) is 19.5 Å². The van der Waals surface area contributed by atoms with Crippen LogP contribution in [-0.4, -0.2) is 66.1 Å². The van der Waals surface area contributed by atoms with E-state index in [2.05, 4.69) is 11.9 Å². The van der Waals surface area contributed by atoms with Crippen LogP contribution in [0.3, 0.4) is 0 Å². The number of carbonyl (C=O) groups excluding carboxylic acids is 3. The highest BCUT2D eigenvalue weighted by Gasteiger charge is 2.26. The molecule has 1 rings (SSSR count). The van der Waals surface area contributed by atoms with Crippen molar-refractivity contribution in [1.82, 2.24) is 10.2 Å². The van der Waals surface area contributed by atoms with Crippen molar-refractivity contribution in [3.63, 3.8) is 0 Å². The summed E-state index contributed by atoms with van der Waals surface area (Å²) in [5.74, 6) is -0.680. The number of carbonyl (C=O) groups is 3. The number of ether oxygens (including phenoxy) is 3. The summed E-state index contributed by atoms with van der Waals surface area (Å²) in [6.07, 6.45) is -0.150. The Balaban J connectivity index is 2.78. The fourth-order valence-corrected chi connectivity index (χ4v) is 2.26. The van der Waals surface area contributed by atoms with Crippen LogP contribution < -0.4 is 5.32 Å². The van der Waals surface area contributed by atoms with Gasteiger partial charge in [-0.3, -0.25) is 9.69 Å². The minimum absolute atomic E-state index is 0.00116. The van der Waals surface area contributed by atoms with Crippen molar-refractivity contribution in [3.05, 3.63) is 48.6 Å². The van der Waals surface area contributed by atoms with Crippen LogP contribution in [0.5, 0.6) is 0 Å². The molecule has 1 aromatic rings. The van der Waals surface area contributed by atoms with Gasteiger partial charge >= 0.3 is 18.2 Å². The summed E-state index contributed by atoms with van der Waals surface area (Å²) in [7, 11) is 0. The average Bonchev–Trinajstić information content (AvgIpc) is 2.68. The van der Waals surface area contributed by atoms with Crippen LogP contribution >= 0.6 is 0 Å². The van der Waals surface area contributed by atoms with Crippen LogP contribution in [0.25, 0.3) is 0 Å². The number of esters is 1. The Morgan fingerprint density at radius 2 is 1.87 bits per heavy atom. The lowest BCUT2D eigenvalue weighted by molar-refractivity contribution is -0.143. The monoisotopic (exact) mass is 422 g/mol. The number of hydrogen-bond donors (Lipinski definition) is 2. The number of nitrogens with zero attached hydrogens (tertiary/aromatic N) is 1. The molecule has 0 aromatic heterocycles. The Bertz CT molecular complexity index is 701. The molecular formula is C21H30N2O7. The predicted octanol–water partition coefficient (Wildman–Crippen LogP) is 2.24. The molecule has 0 aliphatic heterocycles. The van der Waals surface area contributed by atoms with Gasteiger partial charge in [0.2, 0.25) is 0 Å². The van der Waals surface area contributed by atoms with Gasteiger partial charge in [-0.2, -0.15) is 0 Å². The Morgan fingerprint density at radius 3 is 2.43 bits per heavy atom. The van der Waals surface area contributed by atoms with Crippen molar-refractivity contribution in [1.29, 1.82) is 0 Å². The number of aliphatic hydroxyl groups is 1. The largest absolute Gasteiger partial charge is 0.460 e. The maximum atomic E-state index is 12.5. The number of alkyl carbamates (subject to hydrolysis) is 1. The van der Waals surface area contributed by atoms with E-state index < -0.39 is 43.0 Å². The topological polar surface area (TPSA) is 114 Å². The Labute approximate surface area is 176 Å². The van der Waals surface area contributed by atoms with Gasteiger partial charge in [0.15, 0.2) is 0 Å². The van der Waals surface area contributed by atoms with Crippen molar-refractivity contribution >= 4 is 18.2 Å². The number of aliphatic hydroxyl groups excluding tert-OH is 1. The molecule has 0 bridgehead atoms. The molecule has 1 aromatic carbocycles. The van der Waals surface area contributed by atoms with Crippen LogP contribution in [0, 0.1) is 0 Å². The third-order valence-electron chi connectivity index (χ3n) is 3.53. The zero-order chi connectivity index (χ0) is 22.6. The lowest BCUT2D eigenvalue weighted by Crippen LogP contribution is -2.50. The van der Waals surface area contributed by atoms with Crippen molar-refractivity contribution < 1.29 is 33.7 Å². The first-order valence-electron chi connectivity index (χ1n) is 9.47. The van der Waals surface area contributed by atoms with Crippen LogP contribution in [-0.2, 0) is 25.6 Å². The Hall–Kier alpha value is -3.07. The summed E-state index contributed by atoms with van der Waals surface area (Å²) in [6, 6.07) is 8.14. The lowest BCUT2D eigenvalue weighted by Gasteiger charge is -2.27. The molecule has 0 heterocycles. The molecule has 0 fully saturated rings. The van der Waals surface area contributed by atoms with E-state index in [1.54, 1.807) is 45.0 Å². The maximum Gasteiger partial charge on any atom is 0.410 e. The molecule has 9 nitrogen and oxygen atoms in total. The normalized spacial score (nSPS) is 11.7. The summed E-state index contributed by atoms with van der Waals surface area (Å²) in [4.78, 5) is 37.5. The lowest BCUT2D eigenvalue weighted by atomic mass is 10.2. The minimum Gasteiger partial charge on any atom is -0.460 e. The van der Waals surface area contributed by atoms with Gasteiger partial charge in [-0.25, -0.2) is 9.59 Å². The smallest absolute Gasteiger partial charge is 0.410 e. The van der Waals surface area contributed by atoms with Crippen LogP contribution in [0.15, 0.2) is 43.0 Å². The zero-order valence-corrected chi connectivity index (χ0v) is 17.6. The van der Waals surface area contributed by atoms with Gasteiger partial charge < -0.3 is 24.6 Å². The first-order valence-corrected chi connectivity index (χ1v) is 9.47. The molecule has 0 aliphatic rings. The van der Waals surface area contributed by atoms with E-state index in [-0.39, 0.29) is 19.8 Å². The first kappa shape index (κ1) is 25.0. The first-order chi connectivity index (χ1) is 14.1. The van der Waals surface area contributed by atoms with Crippen molar-refractivity contribution in [2.75, 3.05) is 26.3 Å². The van der Waals surface area contributed by atoms with Gasteiger partial charge in [-0.1, -0.05) is 43.0 Å². The maximum absolute atomic E-state index is 12.5. The third-order valence-corrected chi connectivity index (χ3v) is 3.53. The summed E-state index contributed by atoms with van der Waals surface area (Å²) < 4.78 is 15.3. The van der Waals surface area contributed by atoms with Crippen LogP contribution in [0.4, 0.5) is 9.59 Å². The number of amides is 2. The van der Waals surface area contributed by atoms with Gasteiger partial charge in [0, 0.05) is 6.54 Å². The highest BCUT2D eigenvalue weighted by atomic mass is 16.6. The van der Waals surface area contributed by atoms with Gasteiger partial charge in [-0.05, 0) is 26.3 Å². The fourth-order valence-electron chi connectivity index (χ4n) is 2.26. The van der Waals surface area contributed by atoms with E-state index in [4.69, 9.17) is 14.2 Å². The van der Waals surface area contributed by atoms with Crippen LogP contribution in [0.1, 0.15) is 26.3 Å². The molecule has 166 valence electrons. The van der Waals surface area contributed by atoms with Crippen molar-refractivity contribution in [2.24, 2.45) is 0 Å². The molecule has 0 saturated carbocycles. The van der Waals surface area contributed by atoms with Gasteiger partial charge in [-0.15, -0.1) is 0 Å². The minimum atomic E-state index is -0.878. The molecule has 0 spiro atoms. The van der Waals surface area contributed by atoms with E-state index >= 15 is 0 Å². The van der Waals surface area contributed by atoms with E-state index in [1.807, 2.05) is 6.07 Å². The predicted molar refractivity (Wildman–Crippen MR) is 110 cm³/mol. The quantitative estimate of drug-likeness (QED) is 0.338. The SMILES string of the molecule is C=CCOC(=O)CN(C[C@@H](CO)NC(=O)OC(C)(C)C)C(=O)OCc1ccccc1. The van der Waals surface area contributed by atoms with Crippen molar-refractivity contribution in [2.45, 2.75) is 39.0 Å². The fraction of sp³-hybridized carbons (Fsp3) is 0.476. The molecule has 9 heteroatoms. The van der Waals surface area contributed by atoms with E-state index in [1.165, 1.54) is 6.08 Å².